The molecule has 4 heteroatoms. The summed E-state index contributed by atoms with van der Waals surface area (Å²) in [5.41, 5.74) is 2.21. The SMILES string of the molecule is CC(C)(C)C(=O)N1CC(CN2CCC(Cc3ccccc3)CC2)C(c2ccc(F)cc2)C1. The van der Waals surface area contributed by atoms with Gasteiger partial charge in [-0.3, -0.25) is 4.79 Å². The molecule has 0 aromatic heterocycles. The molecule has 2 aromatic carbocycles. The smallest absolute Gasteiger partial charge is 0.227 e. The molecule has 0 radical (unpaired) electrons. The number of piperidine rings is 1. The number of amides is 1. The largest absolute Gasteiger partial charge is 0.341 e. The number of carbonyl (C=O) groups is 1. The van der Waals surface area contributed by atoms with Gasteiger partial charge in [0.15, 0.2) is 0 Å². The fraction of sp³-hybridized carbons (Fsp3) is 0.536. The van der Waals surface area contributed by atoms with Crippen LogP contribution in [0.3, 0.4) is 0 Å². The average Bonchev–Trinajstić information content (AvgIpc) is 3.18. The Bertz CT molecular complexity index is 882. The van der Waals surface area contributed by atoms with Gasteiger partial charge in [-0.1, -0.05) is 63.2 Å². The van der Waals surface area contributed by atoms with Gasteiger partial charge in [0.2, 0.25) is 5.91 Å². The topological polar surface area (TPSA) is 23.6 Å². The Labute approximate surface area is 192 Å². The molecule has 0 N–H and O–H groups in total. The van der Waals surface area contributed by atoms with Crippen LogP contribution < -0.4 is 0 Å². The second kappa shape index (κ2) is 9.74. The first kappa shape index (κ1) is 23.0. The van der Waals surface area contributed by atoms with Crippen molar-refractivity contribution in [2.75, 3.05) is 32.7 Å². The number of hydrogen-bond acceptors (Lipinski definition) is 2. The molecule has 0 bridgehead atoms. The summed E-state index contributed by atoms with van der Waals surface area (Å²) in [5.74, 6) is 1.42. The van der Waals surface area contributed by atoms with Crippen molar-refractivity contribution in [3.05, 3.63) is 71.5 Å². The van der Waals surface area contributed by atoms with Crippen LogP contribution in [0.1, 0.15) is 50.7 Å². The first-order chi connectivity index (χ1) is 15.3. The van der Waals surface area contributed by atoms with E-state index in [4.69, 9.17) is 0 Å². The van der Waals surface area contributed by atoms with Crippen LogP contribution in [0.4, 0.5) is 4.39 Å². The van der Waals surface area contributed by atoms with Crippen molar-refractivity contribution >= 4 is 5.91 Å². The summed E-state index contributed by atoms with van der Waals surface area (Å²) in [6.45, 7) is 10.8. The minimum atomic E-state index is -0.377. The highest BCUT2D eigenvalue weighted by Gasteiger charge is 2.40. The maximum atomic E-state index is 13.5. The molecule has 2 aromatic rings. The molecule has 0 spiro atoms. The summed E-state index contributed by atoms with van der Waals surface area (Å²) in [6, 6.07) is 17.7. The number of likely N-dealkylation sites (tertiary alicyclic amines) is 2. The number of halogens is 1. The van der Waals surface area contributed by atoms with Gasteiger partial charge in [0.05, 0.1) is 0 Å². The van der Waals surface area contributed by atoms with Gasteiger partial charge in [-0.15, -0.1) is 0 Å². The zero-order valence-electron chi connectivity index (χ0n) is 19.8. The first-order valence-electron chi connectivity index (χ1n) is 12.1. The number of rotatable bonds is 5. The molecule has 1 amide bonds. The van der Waals surface area contributed by atoms with Gasteiger partial charge in [0.25, 0.3) is 0 Å². The first-order valence-corrected chi connectivity index (χ1v) is 12.1. The van der Waals surface area contributed by atoms with Crippen LogP contribution in [0.15, 0.2) is 54.6 Å². The highest BCUT2D eigenvalue weighted by atomic mass is 19.1. The second-order valence-corrected chi connectivity index (χ2v) is 10.8. The van der Waals surface area contributed by atoms with Crippen molar-refractivity contribution in [2.45, 2.75) is 46.0 Å². The van der Waals surface area contributed by atoms with E-state index in [2.05, 4.69) is 35.2 Å². The van der Waals surface area contributed by atoms with Crippen LogP contribution in [0.25, 0.3) is 0 Å². The van der Waals surface area contributed by atoms with E-state index in [1.165, 1.54) is 24.8 Å². The maximum absolute atomic E-state index is 13.5. The van der Waals surface area contributed by atoms with Crippen LogP contribution in [-0.2, 0) is 11.2 Å². The number of carbonyl (C=O) groups excluding carboxylic acids is 1. The van der Waals surface area contributed by atoms with Crippen molar-refractivity contribution in [1.82, 2.24) is 9.80 Å². The van der Waals surface area contributed by atoms with E-state index in [-0.39, 0.29) is 23.1 Å². The summed E-state index contributed by atoms with van der Waals surface area (Å²) >= 11 is 0. The molecule has 2 fully saturated rings. The normalized spacial score (nSPS) is 22.9. The fourth-order valence-electron chi connectivity index (χ4n) is 5.44. The Morgan fingerprint density at radius 2 is 1.62 bits per heavy atom. The molecule has 32 heavy (non-hydrogen) atoms. The van der Waals surface area contributed by atoms with Gasteiger partial charge < -0.3 is 9.80 Å². The van der Waals surface area contributed by atoms with Crippen molar-refractivity contribution in [2.24, 2.45) is 17.3 Å². The number of benzene rings is 2. The standard InChI is InChI=1S/C28H37FN2O/c1-28(2,3)27(32)31-19-24(26(20-31)23-9-11-25(29)12-10-23)18-30-15-13-22(14-16-30)17-21-7-5-4-6-8-21/h4-12,22,24,26H,13-20H2,1-3H3. The summed E-state index contributed by atoms with van der Waals surface area (Å²) in [6.07, 6.45) is 3.63. The van der Waals surface area contributed by atoms with E-state index in [1.807, 2.05) is 37.8 Å². The summed E-state index contributed by atoms with van der Waals surface area (Å²) in [4.78, 5) is 17.6. The van der Waals surface area contributed by atoms with Crippen molar-refractivity contribution in [1.29, 1.82) is 0 Å². The Balaban J connectivity index is 1.40. The summed E-state index contributed by atoms with van der Waals surface area (Å²) in [7, 11) is 0. The van der Waals surface area contributed by atoms with Crippen LogP contribution in [0.5, 0.6) is 0 Å². The van der Waals surface area contributed by atoms with E-state index in [0.29, 0.717) is 5.92 Å². The van der Waals surface area contributed by atoms with Crippen molar-refractivity contribution in [3.8, 4) is 0 Å². The van der Waals surface area contributed by atoms with E-state index >= 15 is 0 Å². The molecule has 4 rings (SSSR count). The molecule has 2 saturated heterocycles. The maximum Gasteiger partial charge on any atom is 0.227 e. The van der Waals surface area contributed by atoms with E-state index in [9.17, 15) is 9.18 Å². The third-order valence-corrected chi connectivity index (χ3v) is 7.24. The quantitative estimate of drug-likeness (QED) is 0.629. The van der Waals surface area contributed by atoms with Gasteiger partial charge in [-0.25, -0.2) is 4.39 Å². The summed E-state index contributed by atoms with van der Waals surface area (Å²) < 4.78 is 13.5. The molecule has 2 aliphatic heterocycles. The lowest BCUT2D eigenvalue weighted by Gasteiger charge is -2.34. The van der Waals surface area contributed by atoms with E-state index in [0.717, 1.165) is 44.2 Å². The molecule has 2 atom stereocenters. The molecule has 172 valence electrons. The Hall–Kier alpha value is -2.20. The molecule has 2 aliphatic rings. The lowest BCUT2D eigenvalue weighted by molar-refractivity contribution is -0.138. The van der Waals surface area contributed by atoms with Crippen LogP contribution in [-0.4, -0.2) is 48.4 Å². The Kier molecular flexibility index (Phi) is 6.99. The average molecular weight is 437 g/mol. The third kappa shape index (κ3) is 5.58. The molecule has 0 saturated carbocycles. The molecule has 2 heterocycles. The van der Waals surface area contributed by atoms with Crippen molar-refractivity contribution < 1.29 is 9.18 Å². The highest BCUT2D eigenvalue weighted by molar-refractivity contribution is 5.82. The summed E-state index contributed by atoms with van der Waals surface area (Å²) in [5, 5.41) is 0. The monoisotopic (exact) mass is 436 g/mol. The molecule has 3 nitrogen and oxygen atoms in total. The van der Waals surface area contributed by atoms with Gasteiger partial charge in [-0.2, -0.15) is 0 Å². The van der Waals surface area contributed by atoms with Crippen molar-refractivity contribution in [3.63, 3.8) is 0 Å². The van der Waals surface area contributed by atoms with Crippen LogP contribution >= 0.6 is 0 Å². The third-order valence-electron chi connectivity index (χ3n) is 7.24. The zero-order chi connectivity index (χ0) is 22.7. The van der Waals surface area contributed by atoms with Gasteiger partial charge in [-0.05, 0) is 67.4 Å². The molecular weight excluding hydrogens is 399 g/mol. The van der Waals surface area contributed by atoms with Gasteiger partial charge in [0, 0.05) is 31.0 Å². The zero-order valence-corrected chi connectivity index (χ0v) is 19.8. The highest BCUT2D eigenvalue weighted by Crippen LogP contribution is 2.36. The number of hydrogen-bond donors (Lipinski definition) is 0. The number of nitrogens with zero attached hydrogens (tertiary/aromatic N) is 2. The molecule has 0 aliphatic carbocycles. The van der Waals surface area contributed by atoms with E-state index < -0.39 is 0 Å². The van der Waals surface area contributed by atoms with Gasteiger partial charge >= 0.3 is 0 Å². The lowest BCUT2D eigenvalue weighted by Crippen LogP contribution is -2.40. The molecular formula is C28H37FN2O. The minimum absolute atomic E-state index is 0.202. The second-order valence-electron chi connectivity index (χ2n) is 10.8. The van der Waals surface area contributed by atoms with Crippen LogP contribution in [0, 0.1) is 23.1 Å². The fourth-order valence-corrected chi connectivity index (χ4v) is 5.44. The lowest BCUT2D eigenvalue weighted by atomic mass is 9.86. The molecule has 2 unspecified atom stereocenters. The minimum Gasteiger partial charge on any atom is -0.341 e. The Morgan fingerprint density at radius 3 is 2.25 bits per heavy atom. The predicted octanol–water partition coefficient (Wildman–Crippen LogP) is 5.37. The van der Waals surface area contributed by atoms with Gasteiger partial charge in [0.1, 0.15) is 5.82 Å². The van der Waals surface area contributed by atoms with Crippen LogP contribution in [0.2, 0.25) is 0 Å². The van der Waals surface area contributed by atoms with E-state index in [1.54, 1.807) is 12.1 Å². The predicted molar refractivity (Wildman–Crippen MR) is 128 cm³/mol. The Morgan fingerprint density at radius 1 is 0.969 bits per heavy atom.